The Hall–Kier alpha value is -0.260. The molecule has 0 radical (unpaired) electrons. The molecule has 0 aromatic heterocycles. The van der Waals surface area contributed by atoms with Crippen molar-refractivity contribution in [1.82, 2.24) is 10.2 Å². The quantitative estimate of drug-likeness (QED) is 0.703. The molecule has 2 atom stereocenters. The number of rotatable bonds is 1. The second kappa shape index (κ2) is 5.18. The van der Waals surface area contributed by atoms with Gasteiger partial charge in [0.15, 0.2) is 0 Å². The van der Waals surface area contributed by atoms with Gasteiger partial charge in [-0.3, -0.25) is 10.1 Å². The minimum Gasteiger partial charge on any atom is -0.377 e. The van der Waals surface area contributed by atoms with Crippen LogP contribution in [-0.4, -0.2) is 54.3 Å². The van der Waals surface area contributed by atoms with Gasteiger partial charge in [0.05, 0.1) is 12.1 Å². The smallest absolute Gasteiger partial charge is 0.240 e. The highest BCUT2D eigenvalue weighted by Gasteiger charge is 2.28. The number of nitrogens with one attached hydrogen (secondary N) is 1. The third-order valence-corrected chi connectivity index (χ3v) is 3.72. The van der Waals surface area contributed by atoms with E-state index in [1.807, 2.05) is 11.8 Å². The Bertz CT molecular complexity index is 231. The van der Waals surface area contributed by atoms with E-state index in [1.54, 1.807) is 11.8 Å². The van der Waals surface area contributed by atoms with Gasteiger partial charge in [-0.15, -0.1) is 11.8 Å². The van der Waals surface area contributed by atoms with Gasteiger partial charge in [-0.25, -0.2) is 0 Å². The van der Waals surface area contributed by atoms with E-state index in [1.165, 1.54) is 0 Å². The summed E-state index contributed by atoms with van der Waals surface area (Å²) in [5.41, 5.74) is 0. The van der Waals surface area contributed by atoms with Gasteiger partial charge in [-0.2, -0.15) is 0 Å². The lowest BCUT2D eigenvalue weighted by molar-refractivity contribution is -0.133. The molecule has 2 aliphatic rings. The molecule has 2 aliphatic heterocycles. The van der Waals surface area contributed by atoms with Crippen LogP contribution in [0.25, 0.3) is 0 Å². The minimum absolute atomic E-state index is 0.0281. The normalized spacial score (nSPS) is 32.7. The van der Waals surface area contributed by atoms with Crippen LogP contribution in [0.4, 0.5) is 0 Å². The summed E-state index contributed by atoms with van der Waals surface area (Å²) >= 11 is 1.79. The summed E-state index contributed by atoms with van der Waals surface area (Å²) in [6.07, 6.45) is 1.13. The van der Waals surface area contributed by atoms with Gasteiger partial charge in [-0.1, -0.05) is 0 Å². The lowest BCUT2D eigenvalue weighted by Gasteiger charge is -2.24. The second-order valence-electron chi connectivity index (χ2n) is 4.09. The summed E-state index contributed by atoms with van der Waals surface area (Å²) in [4.78, 5) is 14.0. The number of carbonyl (C=O) groups excluding carboxylic acids is 1. The summed E-state index contributed by atoms with van der Waals surface area (Å²) in [7, 11) is 0. The van der Waals surface area contributed by atoms with Gasteiger partial charge in [0.25, 0.3) is 0 Å². The molecule has 4 nitrogen and oxygen atoms in total. The molecule has 5 heteroatoms. The predicted octanol–water partition coefficient (Wildman–Crippen LogP) is 0.286. The van der Waals surface area contributed by atoms with Gasteiger partial charge in [0, 0.05) is 31.3 Å². The Labute approximate surface area is 94.7 Å². The first-order chi connectivity index (χ1) is 7.27. The maximum absolute atomic E-state index is 12.1. The average molecular weight is 230 g/mol. The molecule has 0 aliphatic carbocycles. The van der Waals surface area contributed by atoms with E-state index >= 15 is 0 Å². The fraction of sp³-hybridized carbons (Fsp3) is 0.900. The monoisotopic (exact) mass is 230 g/mol. The first-order valence-electron chi connectivity index (χ1n) is 5.49. The molecule has 1 N–H and O–H groups in total. The van der Waals surface area contributed by atoms with Crippen LogP contribution >= 0.6 is 11.8 Å². The topological polar surface area (TPSA) is 41.6 Å². The molecule has 2 fully saturated rings. The molecular formula is C10H18N2O2S. The van der Waals surface area contributed by atoms with Crippen LogP contribution in [0.1, 0.15) is 13.3 Å². The molecule has 0 aromatic rings. The van der Waals surface area contributed by atoms with Crippen LogP contribution in [0.15, 0.2) is 0 Å². The Kier molecular flexibility index (Phi) is 3.88. The van der Waals surface area contributed by atoms with Crippen molar-refractivity contribution in [3.8, 4) is 0 Å². The van der Waals surface area contributed by atoms with Crippen LogP contribution in [0.2, 0.25) is 0 Å². The molecule has 15 heavy (non-hydrogen) atoms. The molecule has 2 saturated heterocycles. The molecule has 0 saturated carbocycles. The summed E-state index contributed by atoms with van der Waals surface area (Å²) in [6.45, 7) is 4.38. The zero-order valence-corrected chi connectivity index (χ0v) is 9.89. The molecule has 0 aromatic carbocycles. The fourth-order valence-electron chi connectivity index (χ4n) is 1.97. The molecule has 0 bridgehead atoms. The van der Waals surface area contributed by atoms with Crippen molar-refractivity contribution in [2.24, 2.45) is 0 Å². The summed E-state index contributed by atoms with van der Waals surface area (Å²) in [5, 5.41) is 3.22. The molecule has 1 amide bonds. The SMILES string of the molecule is CC1CN(C(=O)C2CSCN2)CCCO1. The van der Waals surface area contributed by atoms with E-state index < -0.39 is 0 Å². The van der Waals surface area contributed by atoms with Crippen molar-refractivity contribution < 1.29 is 9.53 Å². The van der Waals surface area contributed by atoms with Crippen molar-refractivity contribution in [1.29, 1.82) is 0 Å². The predicted molar refractivity (Wildman–Crippen MR) is 60.9 cm³/mol. The highest BCUT2D eigenvalue weighted by molar-refractivity contribution is 7.99. The van der Waals surface area contributed by atoms with Crippen LogP contribution in [0, 0.1) is 0 Å². The summed E-state index contributed by atoms with van der Waals surface area (Å²) < 4.78 is 5.53. The van der Waals surface area contributed by atoms with E-state index in [9.17, 15) is 4.79 Å². The fourth-order valence-corrected chi connectivity index (χ4v) is 2.90. The Morgan fingerprint density at radius 1 is 1.60 bits per heavy atom. The van der Waals surface area contributed by atoms with Crippen molar-refractivity contribution in [2.75, 3.05) is 31.3 Å². The van der Waals surface area contributed by atoms with Crippen LogP contribution in [0.3, 0.4) is 0 Å². The first-order valence-corrected chi connectivity index (χ1v) is 6.64. The molecular weight excluding hydrogens is 212 g/mol. The van der Waals surface area contributed by atoms with Gasteiger partial charge in [-0.05, 0) is 13.3 Å². The van der Waals surface area contributed by atoms with Crippen molar-refractivity contribution in [3.63, 3.8) is 0 Å². The van der Waals surface area contributed by atoms with E-state index in [2.05, 4.69) is 5.32 Å². The van der Waals surface area contributed by atoms with Crippen LogP contribution < -0.4 is 5.32 Å². The average Bonchev–Trinajstić information content (AvgIpc) is 2.67. The van der Waals surface area contributed by atoms with Crippen LogP contribution in [-0.2, 0) is 9.53 Å². The second-order valence-corrected chi connectivity index (χ2v) is 5.12. The number of carbonyl (C=O) groups is 1. The Morgan fingerprint density at radius 3 is 3.20 bits per heavy atom. The van der Waals surface area contributed by atoms with Gasteiger partial charge in [0.2, 0.25) is 5.91 Å². The molecule has 2 heterocycles. The van der Waals surface area contributed by atoms with Gasteiger partial charge < -0.3 is 9.64 Å². The van der Waals surface area contributed by atoms with Gasteiger partial charge in [0.1, 0.15) is 0 Å². The molecule has 86 valence electrons. The Balaban J connectivity index is 1.92. The number of nitrogens with zero attached hydrogens (tertiary/aromatic N) is 1. The van der Waals surface area contributed by atoms with Crippen molar-refractivity contribution in [3.05, 3.63) is 0 Å². The number of hydrogen-bond acceptors (Lipinski definition) is 4. The third kappa shape index (κ3) is 2.86. The number of hydrogen-bond donors (Lipinski definition) is 1. The van der Waals surface area contributed by atoms with Crippen molar-refractivity contribution >= 4 is 17.7 Å². The zero-order chi connectivity index (χ0) is 10.7. The lowest BCUT2D eigenvalue weighted by Crippen LogP contribution is -2.46. The minimum atomic E-state index is 0.0281. The Morgan fingerprint density at radius 2 is 2.47 bits per heavy atom. The lowest BCUT2D eigenvalue weighted by atomic mass is 10.2. The largest absolute Gasteiger partial charge is 0.377 e. The number of ether oxygens (including phenoxy) is 1. The first kappa shape index (κ1) is 11.2. The summed E-state index contributed by atoms with van der Waals surface area (Å²) in [5.74, 6) is 2.05. The van der Waals surface area contributed by atoms with Crippen LogP contribution in [0.5, 0.6) is 0 Å². The highest BCUT2D eigenvalue weighted by Crippen LogP contribution is 2.14. The number of amides is 1. The van der Waals surface area contributed by atoms with E-state index in [0.29, 0.717) is 0 Å². The maximum Gasteiger partial charge on any atom is 0.240 e. The van der Waals surface area contributed by atoms with E-state index in [0.717, 1.165) is 37.7 Å². The molecule has 2 rings (SSSR count). The highest BCUT2D eigenvalue weighted by atomic mass is 32.2. The third-order valence-electron chi connectivity index (χ3n) is 2.78. The molecule has 0 spiro atoms. The standard InChI is InChI=1S/C10H18N2O2S/c1-8-5-12(3-2-4-14-8)10(13)9-6-15-7-11-9/h8-9,11H,2-7H2,1H3. The maximum atomic E-state index is 12.1. The zero-order valence-electron chi connectivity index (χ0n) is 9.07. The van der Waals surface area contributed by atoms with E-state index in [4.69, 9.17) is 4.74 Å². The summed E-state index contributed by atoms with van der Waals surface area (Å²) in [6, 6.07) is 0.0281. The van der Waals surface area contributed by atoms with Crippen molar-refractivity contribution in [2.45, 2.75) is 25.5 Å². The van der Waals surface area contributed by atoms with E-state index in [-0.39, 0.29) is 18.1 Å². The molecule has 2 unspecified atom stereocenters. The van der Waals surface area contributed by atoms with Gasteiger partial charge >= 0.3 is 0 Å². The number of thioether (sulfide) groups is 1.